The largest absolute Gasteiger partial charge is 0.449 e. The number of benzene rings is 2. The number of nitrogens with zero attached hydrogens (tertiary/aromatic N) is 1. The number of nitro groups is 1. The Labute approximate surface area is 231 Å². The fraction of sp³-hybridized carbons (Fsp3) is 0.462. The highest BCUT2D eigenvalue weighted by Crippen LogP contribution is 2.42. The number of amides is 2. The molecule has 0 bridgehead atoms. The molecule has 2 unspecified atom stereocenters. The van der Waals surface area contributed by atoms with Crippen molar-refractivity contribution in [3.8, 4) is 23.0 Å². The zero-order chi connectivity index (χ0) is 29.7. The molecule has 2 aromatic carbocycles. The van der Waals surface area contributed by atoms with Gasteiger partial charge in [-0.05, 0) is 59.7 Å². The number of hydrogen-bond acceptors (Lipinski definition) is 11. The standard InChI is InChI=1S/C13H16N2O6.C13H18N2O4/c1-13(2,3)21-12(16)14-7-10-19-9-6-4-5-8(15(17)18)11(9)20-10;1-13(2,3)19-12(16)15-7-10-17-9-6-4-5-8(14)11(9)18-10/h4-6,10H,7H2,1-3H3,(H,14,16);4-6,10H,7,14H2,1-3H3,(H,15,16). The Morgan fingerprint density at radius 1 is 0.825 bits per heavy atom. The number of para-hydroxylation sites is 2. The number of carbonyl (C=O) groups is 2. The van der Waals surface area contributed by atoms with Gasteiger partial charge < -0.3 is 44.8 Å². The number of rotatable bonds is 5. The van der Waals surface area contributed by atoms with E-state index in [1.165, 1.54) is 12.1 Å². The minimum Gasteiger partial charge on any atom is -0.449 e. The van der Waals surface area contributed by atoms with Crippen LogP contribution in [-0.4, -0.2) is 54.0 Å². The molecule has 2 aliphatic rings. The Morgan fingerprint density at radius 2 is 1.27 bits per heavy atom. The van der Waals surface area contributed by atoms with E-state index in [1.807, 2.05) is 0 Å². The van der Waals surface area contributed by atoms with Crippen LogP contribution in [0.3, 0.4) is 0 Å². The molecule has 2 heterocycles. The lowest BCUT2D eigenvalue weighted by molar-refractivity contribution is -0.385. The molecule has 0 saturated heterocycles. The van der Waals surface area contributed by atoms with Crippen molar-refractivity contribution in [2.24, 2.45) is 0 Å². The Kier molecular flexibility index (Phi) is 9.02. The van der Waals surface area contributed by atoms with E-state index in [0.717, 1.165) is 0 Å². The van der Waals surface area contributed by atoms with Crippen LogP contribution in [0.2, 0.25) is 0 Å². The molecule has 2 atom stereocenters. The van der Waals surface area contributed by atoms with Crippen LogP contribution in [0.25, 0.3) is 0 Å². The normalized spacial score (nSPS) is 16.8. The molecule has 0 aromatic heterocycles. The lowest BCUT2D eigenvalue weighted by Gasteiger charge is -2.20. The van der Waals surface area contributed by atoms with Gasteiger partial charge in [0.25, 0.3) is 12.6 Å². The van der Waals surface area contributed by atoms with Crippen molar-refractivity contribution < 1.29 is 42.9 Å². The lowest BCUT2D eigenvalue weighted by atomic mass is 10.2. The van der Waals surface area contributed by atoms with Crippen molar-refractivity contribution in [2.45, 2.75) is 65.3 Å². The molecule has 40 heavy (non-hydrogen) atoms. The summed E-state index contributed by atoms with van der Waals surface area (Å²) in [6, 6.07) is 9.66. The summed E-state index contributed by atoms with van der Waals surface area (Å²) in [5.74, 6) is 1.44. The third-order valence-corrected chi connectivity index (χ3v) is 4.80. The summed E-state index contributed by atoms with van der Waals surface area (Å²) in [5, 5.41) is 15.9. The van der Waals surface area contributed by atoms with Gasteiger partial charge in [0.2, 0.25) is 5.75 Å². The van der Waals surface area contributed by atoms with Crippen molar-refractivity contribution in [3.05, 3.63) is 46.5 Å². The van der Waals surface area contributed by atoms with E-state index >= 15 is 0 Å². The van der Waals surface area contributed by atoms with E-state index in [1.54, 1.807) is 65.8 Å². The summed E-state index contributed by atoms with van der Waals surface area (Å²) >= 11 is 0. The number of nitrogen functional groups attached to an aromatic ring is 1. The summed E-state index contributed by atoms with van der Waals surface area (Å²) in [6.07, 6.45) is -2.54. The zero-order valence-corrected chi connectivity index (χ0v) is 23.1. The second-order valence-corrected chi connectivity index (χ2v) is 10.6. The Bertz CT molecular complexity index is 1240. The maximum atomic E-state index is 11.5. The van der Waals surface area contributed by atoms with Crippen LogP contribution in [0.15, 0.2) is 36.4 Å². The summed E-state index contributed by atoms with van der Waals surface area (Å²) in [6.45, 7) is 10.8. The Balaban J connectivity index is 0.000000222. The second-order valence-electron chi connectivity index (χ2n) is 10.6. The van der Waals surface area contributed by atoms with Gasteiger partial charge in [0.15, 0.2) is 17.2 Å². The zero-order valence-electron chi connectivity index (χ0n) is 23.1. The second kappa shape index (κ2) is 12.1. The van der Waals surface area contributed by atoms with E-state index in [9.17, 15) is 19.7 Å². The minimum atomic E-state index is -0.825. The van der Waals surface area contributed by atoms with Crippen molar-refractivity contribution in [3.63, 3.8) is 0 Å². The summed E-state index contributed by atoms with van der Waals surface area (Å²) in [4.78, 5) is 33.3. The highest BCUT2D eigenvalue weighted by Gasteiger charge is 2.32. The lowest BCUT2D eigenvalue weighted by Crippen LogP contribution is -2.39. The van der Waals surface area contributed by atoms with Crippen LogP contribution in [0, 0.1) is 10.1 Å². The molecule has 2 aliphatic heterocycles. The molecule has 2 amide bonds. The molecule has 0 fully saturated rings. The number of fused-ring (bicyclic) bond motifs is 2. The molecule has 4 rings (SSSR count). The molecular weight excluding hydrogens is 528 g/mol. The first kappa shape index (κ1) is 29.9. The maximum absolute atomic E-state index is 11.5. The minimum absolute atomic E-state index is 0.0146. The van der Waals surface area contributed by atoms with Gasteiger partial charge in [0, 0.05) is 6.07 Å². The van der Waals surface area contributed by atoms with E-state index in [4.69, 9.17) is 34.2 Å². The molecule has 0 spiro atoms. The third kappa shape index (κ3) is 8.71. The summed E-state index contributed by atoms with van der Waals surface area (Å²) in [5.41, 5.74) is 4.95. The SMILES string of the molecule is CC(C)(C)OC(=O)NCC1Oc2cccc(N)c2O1.CC(C)(C)OC(=O)NCC1Oc2cccc([N+](=O)[O-])c2O1. The average Bonchev–Trinajstić information content (AvgIpc) is 3.44. The number of nitrogens with one attached hydrogen (secondary N) is 2. The third-order valence-electron chi connectivity index (χ3n) is 4.80. The fourth-order valence-electron chi connectivity index (χ4n) is 3.33. The van der Waals surface area contributed by atoms with Crippen LogP contribution in [0.5, 0.6) is 23.0 Å². The van der Waals surface area contributed by atoms with Crippen LogP contribution < -0.4 is 35.3 Å². The smallest absolute Gasteiger partial charge is 0.407 e. The quantitative estimate of drug-likeness (QED) is 0.271. The van der Waals surface area contributed by atoms with E-state index in [-0.39, 0.29) is 30.3 Å². The summed E-state index contributed by atoms with van der Waals surface area (Å²) < 4.78 is 31.9. The molecule has 14 heteroatoms. The van der Waals surface area contributed by atoms with Gasteiger partial charge in [-0.25, -0.2) is 9.59 Å². The molecule has 218 valence electrons. The van der Waals surface area contributed by atoms with Crippen molar-refractivity contribution in [1.29, 1.82) is 0 Å². The molecule has 4 N–H and O–H groups in total. The molecular formula is C26H34N4O10. The van der Waals surface area contributed by atoms with Crippen LogP contribution in [0.4, 0.5) is 21.0 Å². The number of alkyl carbamates (subject to hydrolysis) is 2. The van der Waals surface area contributed by atoms with Gasteiger partial charge in [0.1, 0.15) is 11.2 Å². The number of ether oxygens (including phenoxy) is 6. The van der Waals surface area contributed by atoms with Crippen molar-refractivity contribution in [1.82, 2.24) is 10.6 Å². The Morgan fingerprint density at radius 3 is 1.73 bits per heavy atom. The number of carbonyl (C=O) groups excluding carboxylic acids is 2. The van der Waals surface area contributed by atoms with E-state index in [2.05, 4.69) is 10.6 Å². The predicted octanol–water partition coefficient (Wildman–Crippen LogP) is 4.11. The van der Waals surface area contributed by atoms with Crippen molar-refractivity contribution >= 4 is 23.6 Å². The number of anilines is 1. The molecule has 14 nitrogen and oxygen atoms in total. The number of nitro benzene ring substituents is 1. The summed E-state index contributed by atoms with van der Waals surface area (Å²) in [7, 11) is 0. The number of hydrogen-bond donors (Lipinski definition) is 3. The van der Waals surface area contributed by atoms with Gasteiger partial charge >= 0.3 is 17.9 Å². The van der Waals surface area contributed by atoms with Gasteiger partial charge in [-0.1, -0.05) is 12.1 Å². The molecule has 0 radical (unpaired) electrons. The predicted molar refractivity (Wildman–Crippen MR) is 143 cm³/mol. The first-order chi connectivity index (χ1) is 18.6. The van der Waals surface area contributed by atoms with Crippen LogP contribution in [0.1, 0.15) is 41.5 Å². The number of nitrogens with two attached hydrogens (primary N) is 1. The van der Waals surface area contributed by atoms with E-state index in [0.29, 0.717) is 17.2 Å². The van der Waals surface area contributed by atoms with E-state index < -0.39 is 40.9 Å². The maximum Gasteiger partial charge on any atom is 0.407 e. The Hall–Kier alpha value is -4.62. The average molecular weight is 563 g/mol. The van der Waals surface area contributed by atoms with Crippen molar-refractivity contribution in [2.75, 3.05) is 18.8 Å². The molecule has 2 aromatic rings. The highest BCUT2D eigenvalue weighted by atomic mass is 16.7. The van der Waals surface area contributed by atoms with Gasteiger partial charge in [0.05, 0.1) is 23.7 Å². The molecule has 0 aliphatic carbocycles. The van der Waals surface area contributed by atoms with Crippen LogP contribution in [-0.2, 0) is 9.47 Å². The fourth-order valence-corrected chi connectivity index (χ4v) is 3.33. The van der Waals surface area contributed by atoms with Crippen LogP contribution >= 0.6 is 0 Å². The van der Waals surface area contributed by atoms with Gasteiger partial charge in [-0.2, -0.15) is 0 Å². The van der Waals surface area contributed by atoms with Gasteiger partial charge in [-0.3, -0.25) is 10.1 Å². The van der Waals surface area contributed by atoms with Gasteiger partial charge in [-0.15, -0.1) is 0 Å². The monoisotopic (exact) mass is 562 g/mol. The topological polar surface area (TPSA) is 183 Å². The first-order valence-corrected chi connectivity index (χ1v) is 12.4. The highest BCUT2D eigenvalue weighted by molar-refractivity contribution is 5.68. The first-order valence-electron chi connectivity index (χ1n) is 12.4. The molecule has 0 saturated carbocycles.